The molecular formula is C23H24F6N2O3. The van der Waals surface area contributed by atoms with Crippen molar-refractivity contribution >= 4 is 17.5 Å². The minimum atomic E-state index is -6.03. The SMILES string of the molecule is CCN(CC)C(=O)CCN(C(=O)c1ccc(C(O)(C(F)(F)F)C(F)(F)F)cc1)c1ccccc1. The van der Waals surface area contributed by atoms with Crippen molar-refractivity contribution in [2.75, 3.05) is 24.5 Å². The lowest BCUT2D eigenvalue weighted by Crippen LogP contribution is -2.53. The van der Waals surface area contributed by atoms with Crippen LogP contribution in [0, 0.1) is 0 Å². The zero-order valence-electron chi connectivity index (χ0n) is 18.5. The fourth-order valence-corrected chi connectivity index (χ4v) is 3.40. The average molecular weight is 490 g/mol. The van der Waals surface area contributed by atoms with Gasteiger partial charge in [-0.2, -0.15) is 26.3 Å². The van der Waals surface area contributed by atoms with Crippen molar-refractivity contribution < 1.29 is 41.0 Å². The van der Waals surface area contributed by atoms with E-state index in [9.17, 15) is 41.0 Å². The Morgan fingerprint density at radius 3 is 1.76 bits per heavy atom. The Hall–Kier alpha value is -3.08. The van der Waals surface area contributed by atoms with Crippen LogP contribution in [-0.2, 0) is 10.4 Å². The molecule has 2 rings (SSSR count). The second kappa shape index (κ2) is 10.5. The van der Waals surface area contributed by atoms with Gasteiger partial charge in [-0.3, -0.25) is 9.59 Å². The van der Waals surface area contributed by atoms with E-state index in [1.54, 1.807) is 49.1 Å². The molecule has 186 valence electrons. The lowest BCUT2D eigenvalue weighted by molar-refractivity contribution is -0.376. The molecule has 0 heterocycles. The fourth-order valence-electron chi connectivity index (χ4n) is 3.40. The lowest BCUT2D eigenvalue weighted by Gasteiger charge is -2.32. The van der Waals surface area contributed by atoms with Gasteiger partial charge in [0.25, 0.3) is 11.5 Å². The Balaban J connectivity index is 2.38. The molecule has 0 aromatic heterocycles. The summed E-state index contributed by atoms with van der Waals surface area (Å²) >= 11 is 0. The van der Waals surface area contributed by atoms with E-state index in [1.807, 2.05) is 0 Å². The molecule has 0 radical (unpaired) electrons. The van der Waals surface area contributed by atoms with Gasteiger partial charge in [-0.1, -0.05) is 30.3 Å². The number of anilines is 1. The second-order valence-electron chi connectivity index (χ2n) is 7.39. The molecule has 0 fully saturated rings. The molecule has 0 unspecified atom stereocenters. The first-order valence-corrected chi connectivity index (χ1v) is 10.4. The summed E-state index contributed by atoms with van der Waals surface area (Å²) in [5, 5.41) is 9.53. The number of para-hydroxylation sites is 1. The van der Waals surface area contributed by atoms with Gasteiger partial charge in [-0.05, 0) is 38.1 Å². The first-order chi connectivity index (χ1) is 15.8. The van der Waals surface area contributed by atoms with E-state index in [1.165, 1.54) is 4.90 Å². The summed E-state index contributed by atoms with van der Waals surface area (Å²) in [6.07, 6.45) is -12.1. The molecule has 0 atom stereocenters. The monoisotopic (exact) mass is 490 g/mol. The zero-order chi connectivity index (χ0) is 25.7. The number of alkyl halides is 6. The molecule has 0 bridgehead atoms. The first-order valence-electron chi connectivity index (χ1n) is 10.4. The van der Waals surface area contributed by atoms with Crippen molar-refractivity contribution in [3.8, 4) is 0 Å². The van der Waals surface area contributed by atoms with E-state index in [0.717, 1.165) is 12.1 Å². The van der Waals surface area contributed by atoms with Crippen LogP contribution in [0.3, 0.4) is 0 Å². The molecule has 0 saturated carbocycles. The maximum Gasteiger partial charge on any atom is 0.430 e. The van der Waals surface area contributed by atoms with Gasteiger partial charge >= 0.3 is 12.4 Å². The minimum Gasteiger partial charge on any atom is -0.369 e. The van der Waals surface area contributed by atoms with E-state index < -0.39 is 29.4 Å². The average Bonchev–Trinajstić information content (AvgIpc) is 2.78. The van der Waals surface area contributed by atoms with Gasteiger partial charge in [0.15, 0.2) is 0 Å². The summed E-state index contributed by atoms with van der Waals surface area (Å²) in [4.78, 5) is 28.3. The molecular weight excluding hydrogens is 466 g/mol. The van der Waals surface area contributed by atoms with Crippen LogP contribution in [0.2, 0.25) is 0 Å². The van der Waals surface area contributed by atoms with E-state index in [0.29, 0.717) is 30.9 Å². The van der Waals surface area contributed by atoms with Gasteiger partial charge in [-0.15, -0.1) is 0 Å². The Labute approximate surface area is 192 Å². The fraction of sp³-hybridized carbons (Fsp3) is 0.391. The minimum absolute atomic E-state index is 0.0394. The molecule has 34 heavy (non-hydrogen) atoms. The van der Waals surface area contributed by atoms with Crippen LogP contribution in [0.25, 0.3) is 0 Å². The number of nitrogens with zero attached hydrogens (tertiary/aromatic N) is 2. The summed E-state index contributed by atoms with van der Waals surface area (Å²) in [5.41, 5.74) is -6.37. The molecule has 1 N–H and O–H groups in total. The summed E-state index contributed by atoms with van der Waals surface area (Å²) < 4.78 is 78.7. The van der Waals surface area contributed by atoms with Crippen molar-refractivity contribution in [3.05, 3.63) is 65.7 Å². The highest BCUT2D eigenvalue weighted by atomic mass is 19.4. The highest BCUT2D eigenvalue weighted by Gasteiger charge is 2.71. The number of rotatable bonds is 8. The highest BCUT2D eigenvalue weighted by Crippen LogP contribution is 2.49. The Morgan fingerprint density at radius 2 is 1.32 bits per heavy atom. The standard InChI is InChI=1S/C23H24F6N2O3/c1-3-30(4-2)19(32)14-15-31(18-8-6-5-7-9-18)20(33)16-10-12-17(13-11-16)21(34,22(24,25)26)23(27,28)29/h5-13,34H,3-4,14-15H2,1-2H3. The maximum atomic E-state index is 13.1. The molecule has 0 aliphatic rings. The van der Waals surface area contributed by atoms with Gasteiger partial charge < -0.3 is 14.9 Å². The molecule has 11 heteroatoms. The third-order valence-electron chi connectivity index (χ3n) is 5.35. The predicted molar refractivity (Wildman–Crippen MR) is 113 cm³/mol. The zero-order valence-corrected chi connectivity index (χ0v) is 18.5. The van der Waals surface area contributed by atoms with Crippen LogP contribution in [0.15, 0.2) is 54.6 Å². The normalized spacial score (nSPS) is 12.4. The number of carbonyl (C=O) groups is 2. The quantitative estimate of drug-likeness (QED) is 0.536. The number of benzene rings is 2. The van der Waals surface area contributed by atoms with E-state index in [2.05, 4.69) is 0 Å². The number of halogens is 6. The van der Waals surface area contributed by atoms with Crippen molar-refractivity contribution in [2.24, 2.45) is 0 Å². The largest absolute Gasteiger partial charge is 0.430 e. The summed E-state index contributed by atoms with van der Waals surface area (Å²) in [7, 11) is 0. The van der Waals surface area contributed by atoms with Crippen molar-refractivity contribution in [1.29, 1.82) is 0 Å². The lowest BCUT2D eigenvalue weighted by atomic mass is 9.91. The van der Waals surface area contributed by atoms with Crippen molar-refractivity contribution in [2.45, 2.75) is 38.2 Å². The third kappa shape index (κ3) is 5.52. The highest BCUT2D eigenvalue weighted by molar-refractivity contribution is 6.06. The topological polar surface area (TPSA) is 60.9 Å². The Morgan fingerprint density at radius 1 is 0.824 bits per heavy atom. The van der Waals surface area contributed by atoms with Crippen LogP contribution in [0.4, 0.5) is 32.0 Å². The van der Waals surface area contributed by atoms with Gasteiger partial charge in [0, 0.05) is 42.9 Å². The van der Waals surface area contributed by atoms with Gasteiger partial charge in [0.05, 0.1) is 0 Å². The van der Waals surface area contributed by atoms with Crippen LogP contribution < -0.4 is 4.90 Å². The molecule has 2 aromatic carbocycles. The van der Waals surface area contributed by atoms with E-state index in [4.69, 9.17) is 0 Å². The van der Waals surface area contributed by atoms with Gasteiger partial charge in [-0.25, -0.2) is 0 Å². The van der Waals surface area contributed by atoms with Gasteiger partial charge in [0.1, 0.15) is 0 Å². The van der Waals surface area contributed by atoms with Crippen LogP contribution in [-0.4, -0.2) is 53.8 Å². The Kier molecular flexibility index (Phi) is 8.35. The van der Waals surface area contributed by atoms with E-state index >= 15 is 0 Å². The number of hydrogen-bond donors (Lipinski definition) is 1. The molecule has 2 aromatic rings. The van der Waals surface area contributed by atoms with Crippen LogP contribution in [0.1, 0.15) is 36.2 Å². The summed E-state index contributed by atoms with van der Waals surface area (Å²) in [6.45, 7) is 4.47. The number of hydrogen-bond acceptors (Lipinski definition) is 3. The second-order valence-corrected chi connectivity index (χ2v) is 7.39. The molecule has 0 spiro atoms. The maximum absolute atomic E-state index is 13.1. The van der Waals surface area contributed by atoms with E-state index in [-0.39, 0.29) is 24.4 Å². The smallest absolute Gasteiger partial charge is 0.369 e. The summed E-state index contributed by atoms with van der Waals surface area (Å²) in [5.74, 6) is -0.942. The van der Waals surface area contributed by atoms with Crippen LogP contribution >= 0.6 is 0 Å². The first kappa shape index (κ1) is 27.2. The van der Waals surface area contributed by atoms with Crippen molar-refractivity contribution in [1.82, 2.24) is 4.90 Å². The number of amides is 2. The summed E-state index contributed by atoms with van der Waals surface area (Å²) in [6, 6.07) is 10.5. The van der Waals surface area contributed by atoms with Crippen LogP contribution in [0.5, 0.6) is 0 Å². The molecule has 0 aliphatic carbocycles. The van der Waals surface area contributed by atoms with Gasteiger partial charge in [0.2, 0.25) is 5.91 Å². The predicted octanol–water partition coefficient (Wildman–Crippen LogP) is 4.90. The Bertz CT molecular complexity index is 957. The number of carbonyl (C=O) groups excluding carboxylic acids is 2. The number of aliphatic hydroxyl groups is 1. The molecule has 5 nitrogen and oxygen atoms in total. The molecule has 0 aliphatic heterocycles. The molecule has 0 saturated heterocycles. The molecule has 2 amide bonds. The van der Waals surface area contributed by atoms with Crippen molar-refractivity contribution in [3.63, 3.8) is 0 Å². The third-order valence-corrected chi connectivity index (χ3v) is 5.35.